The predicted octanol–water partition coefficient (Wildman–Crippen LogP) is 1.71. The second kappa shape index (κ2) is 21.6. The minimum atomic E-state index is -0.608. The standard InChI is InChI=1S/C7H12O3.C7H12O2.C5H8O3/c1-5(2)7(9)10-4-6(3)8;1-3-5-6-9-7(8)4-2;1-2-5(7)8-4-3-6/h6,8H,1,4H2,2-3H3;4H,2-3,5-6H2,1H3;2,6H,1,3-4H2. The Morgan fingerprint density at radius 3 is 1.85 bits per heavy atom. The molecule has 8 nitrogen and oxygen atoms in total. The highest BCUT2D eigenvalue weighted by molar-refractivity contribution is 5.86. The van der Waals surface area contributed by atoms with E-state index in [0.29, 0.717) is 12.2 Å². The first-order chi connectivity index (χ1) is 12.7. The van der Waals surface area contributed by atoms with E-state index in [1.54, 1.807) is 13.8 Å². The number of unbranched alkanes of at least 4 members (excludes halogenated alkanes) is 1. The van der Waals surface area contributed by atoms with E-state index in [1.807, 2.05) is 6.92 Å². The van der Waals surface area contributed by atoms with Gasteiger partial charge in [-0.2, -0.15) is 0 Å². The van der Waals surface area contributed by atoms with Crippen LogP contribution in [0.3, 0.4) is 0 Å². The minimum Gasteiger partial charge on any atom is -0.463 e. The van der Waals surface area contributed by atoms with Gasteiger partial charge in [-0.05, 0) is 20.3 Å². The van der Waals surface area contributed by atoms with Crippen molar-refractivity contribution in [2.75, 3.05) is 26.4 Å². The minimum absolute atomic E-state index is 0.0334. The average molecular weight is 388 g/mol. The number of carbonyl (C=O) groups is 3. The van der Waals surface area contributed by atoms with Gasteiger partial charge in [0, 0.05) is 17.7 Å². The number of esters is 3. The molecule has 0 aromatic heterocycles. The van der Waals surface area contributed by atoms with E-state index in [0.717, 1.165) is 18.9 Å². The molecule has 1 unspecified atom stereocenters. The normalized spacial score (nSPS) is 9.81. The molecule has 0 spiro atoms. The maximum absolute atomic E-state index is 10.6. The van der Waals surface area contributed by atoms with Crippen LogP contribution in [0.2, 0.25) is 0 Å². The van der Waals surface area contributed by atoms with Crippen molar-refractivity contribution >= 4 is 17.9 Å². The van der Waals surface area contributed by atoms with E-state index in [9.17, 15) is 14.4 Å². The summed E-state index contributed by atoms with van der Waals surface area (Å²) < 4.78 is 13.6. The van der Waals surface area contributed by atoms with Crippen molar-refractivity contribution in [3.05, 3.63) is 37.5 Å². The van der Waals surface area contributed by atoms with Gasteiger partial charge < -0.3 is 24.4 Å². The van der Waals surface area contributed by atoms with Gasteiger partial charge in [-0.3, -0.25) is 0 Å². The Morgan fingerprint density at radius 1 is 1.04 bits per heavy atom. The van der Waals surface area contributed by atoms with Gasteiger partial charge >= 0.3 is 17.9 Å². The summed E-state index contributed by atoms with van der Waals surface area (Å²) in [6, 6.07) is 0. The second-order valence-electron chi connectivity index (χ2n) is 5.05. The van der Waals surface area contributed by atoms with Crippen LogP contribution in [-0.4, -0.2) is 60.7 Å². The number of aliphatic hydroxyl groups excluding tert-OH is 2. The molecule has 0 radical (unpaired) electrons. The van der Waals surface area contributed by atoms with Crippen LogP contribution in [0.1, 0.15) is 33.6 Å². The van der Waals surface area contributed by atoms with Crippen LogP contribution in [-0.2, 0) is 28.6 Å². The van der Waals surface area contributed by atoms with Crippen LogP contribution in [0, 0.1) is 0 Å². The van der Waals surface area contributed by atoms with E-state index >= 15 is 0 Å². The zero-order chi connectivity index (χ0) is 21.7. The largest absolute Gasteiger partial charge is 0.463 e. The first-order valence-corrected chi connectivity index (χ1v) is 8.36. The van der Waals surface area contributed by atoms with Crippen LogP contribution in [0.25, 0.3) is 0 Å². The molecule has 0 aliphatic carbocycles. The predicted molar refractivity (Wildman–Crippen MR) is 102 cm³/mol. The third-order valence-electron chi connectivity index (χ3n) is 2.22. The third kappa shape index (κ3) is 28.6. The lowest BCUT2D eigenvalue weighted by Crippen LogP contribution is -2.15. The number of rotatable bonds is 10. The van der Waals surface area contributed by atoms with E-state index in [1.165, 1.54) is 6.08 Å². The van der Waals surface area contributed by atoms with Crippen LogP contribution in [0.4, 0.5) is 0 Å². The molecule has 0 heterocycles. The number of hydrogen-bond acceptors (Lipinski definition) is 8. The highest BCUT2D eigenvalue weighted by Crippen LogP contribution is 1.92. The molecule has 0 aliphatic heterocycles. The van der Waals surface area contributed by atoms with Crippen molar-refractivity contribution in [1.29, 1.82) is 0 Å². The molecule has 0 aromatic carbocycles. The first kappa shape index (κ1) is 29.3. The van der Waals surface area contributed by atoms with Gasteiger partial charge in [-0.25, -0.2) is 14.4 Å². The van der Waals surface area contributed by atoms with Gasteiger partial charge in [0.25, 0.3) is 0 Å². The van der Waals surface area contributed by atoms with Crippen LogP contribution < -0.4 is 0 Å². The van der Waals surface area contributed by atoms with Gasteiger partial charge in [-0.15, -0.1) is 0 Å². The quantitative estimate of drug-likeness (QED) is 0.251. The molecule has 8 heteroatoms. The topological polar surface area (TPSA) is 119 Å². The zero-order valence-corrected chi connectivity index (χ0v) is 16.4. The maximum atomic E-state index is 10.6. The van der Waals surface area contributed by atoms with Gasteiger partial charge in [0.1, 0.15) is 13.2 Å². The Hall–Kier alpha value is -2.45. The molecule has 1 atom stereocenters. The van der Waals surface area contributed by atoms with Gasteiger partial charge in [0.05, 0.1) is 19.3 Å². The van der Waals surface area contributed by atoms with Gasteiger partial charge in [-0.1, -0.05) is 33.1 Å². The fourth-order valence-corrected chi connectivity index (χ4v) is 0.901. The first-order valence-electron chi connectivity index (χ1n) is 8.36. The number of ether oxygens (including phenoxy) is 3. The summed E-state index contributed by atoms with van der Waals surface area (Å²) in [4.78, 5) is 31.1. The highest BCUT2D eigenvalue weighted by atomic mass is 16.5. The van der Waals surface area contributed by atoms with E-state index in [4.69, 9.17) is 10.2 Å². The molecule has 0 fully saturated rings. The van der Waals surface area contributed by atoms with Crippen molar-refractivity contribution in [3.8, 4) is 0 Å². The van der Waals surface area contributed by atoms with Gasteiger partial charge in [0.15, 0.2) is 0 Å². The molecule has 0 bridgehead atoms. The van der Waals surface area contributed by atoms with Crippen molar-refractivity contribution in [2.24, 2.45) is 0 Å². The van der Waals surface area contributed by atoms with Crippen molar-refractivity contribution < 1.29 is 38.8 Å². The summed E-state index contributed by atoms with van der Waals surface area (Å²) in [5, 5.41) is 16.8. The summed E-state index contributed by atoms with van der Waals surface area (Å²) in [5.41, 5.74) is 0.348. The van der Waals surface area contributed by atoms with Crippen LogP contribution in [0.15, 0.2) is 37.5 Å². The molecule has 0 aliphatic rings. The molecule has 2 N–H and O–H groups in total. The molecule has 0 amide bonds. The number of carbonyl (C=O) groups excluding carboxylic acids is 3. The monoisotopic (exact) mass is 388 g/mol. The van der Waals surface area contributed by atoms with Gasteiger partial charge in [0.2, 0.25) is 0 Å². The molecule has 0 saturated heterocycles. The lowest BCUT2D eigenvalue weighted by atomic mass is 10.3. The smallest absolute Gasteiger partial charge is 0.333 e. The molecular weight excluding hydrogens is 356 g/mol. The molecule has 27 heavy (non-hydrogen) atoms. The third-order valence-corrected chi connectivity index (χ3v) is 2.22. The zero-order valence-electron chi connectivity index (χ0n) is 16.4. The van der Waals surface area contributed by atoms with Crippen LogP contribution >= 0.6 is 0 Å². The molecular formula is C19H32O8. The van der Waals surface area contributed by atoms with E-state index in [2.05, 4.69) is 33.9 Å². The van der Waals surface area contributed by atoms with Crippen LogP contribution in [0.5, 0.6) is 0 Å². The summed E-state index contributed by atoms with van der Waals surface area (Å²) in [5.74, 6) is -1.29. The number of aliphatic hydroxyl groups is 2. The average Bonchev–Trinajstić information content (AvgIpc) is 2.64. The van der Waals surface area contributed by atoms with Crippen molar-refractivity contribution in [2.45, 2.75) is 39.7 Å². The number of hydrogen-bond donors (Lipinski definition) is 2. The van der Waals surface area contributed by atoms with E-state index < -0.39 is 18.0 Å². The fourth-order valence-electron chi connectivity index (χ4n) is 0.901. The van der Waals surface area contributed by atoms with Crippen molar-refractivity contribution in [1.82, 2.24) is 0 Å². The summed E-state index contributed by atoms with van der Waals surface area (Å²) in [6.45, 7) is 15.4. The Bertz CT molecular complexity index is 455. The Balaban J connectivity index is -0.000000322. The summed E-state index contributed by atoms with van der Waals surface area (Å²) >= 11 is 0. The Morgan fingerprint density at radius 2 is 1.52 bits per heavy atom. The molecule has 156 valence electrons. The molecule has 0 aromatic rings. The Kier molecular flexibility index (Phi) is 23.4. The fraction of sp³-hybridized carbons (Fsp3) is 0.526. The SMILES string of the molecule is C=C(C)C(=O)OCC(C)O.C=CC(=O)OCCCC.C=CC(=O)OCCO. The summed E-state index contributed by atoms with van der Waals surface area (Å²) in [7, 11) is 0. The van der Waals surface area contributed by atoms with Crippen molar-refractivity contribution in [3.63, 3.8) is 0 Å². The lowest BCUT2D eigenvalue weighted by molar-refractivity contribution is -0.141. The highest BCUT2D eigenvalue weighted by Gasteiger charge is 2.03. The summed E-state index contributed by atoms with van der Waals surface area (Å²) in [6.07, 6.45) is 3.60. The second-order valence-corrected chi connectivity index (χ2v) is 5.05. The lowest BCUT2D eigenvalue weighted by Gasteiger charge is -2.04. The maximum Gasteiger partial charge on any atom is 0.333 e. The Labute approximate surface area is 161 Å². The molecule has 0 rings (SSSR count). The molecule has 0 saturated carbocycles. The van der Waals surface area contributed by atoms with E-state index in [-0.39, 0.29) is 25.8 Å².